The Morgan fingerprint density at radius 1 is 0.763 bits per heavy atom. The van der Waals surface area contributed by atoms with Gasteiger partial charge in [0.1, 0.15) is 29.9 Å². The zero-order valence-electron chi connectivity index (χ0n) is 32.3. The predicted octanol–water partition coefficient (Wildman–Crippen LogP) is 5.40. The van der Waals surface area contributed by atoms with Crippen molar-refractivity contribution in [3.8, 4) is 17.2 Å². The first-order chi connectivity index (χ1) is 28.9. The van der Waals surface area contributed by atoms with Crippen LogP contribution >= 0.6 is 0 Å². The maximum Gasteiger partial charge on any atom is 0.324 e. The summed E-state index contributed by atoms with van der Waals surface area (Å²) in [5, 5.41) is 12.8. The maximum absolute atomic E-state index is 15.7. The Bertz CT molecular complexity index is 2390. The Morgan fingerprint density at radius 2 is 1.47 bits per heavy atom. The number of benzene rings is 5. The highest BCUT2D eigenvalue weighted by Crippen LogP contribution is 2.65. The zero-order valence-corrected chi connectivity index (χ0v) is 32.3. The normalized spacial score (nSPS) is 26.0. The molecule has 12 heteroatoms. The van der Waals surface area contributed by atoms with Crippen molar-refractivity contribution in [3.63, 3.8) is 0 Å². The number of para-hydroxylation sites is 1. The van der Waals surface area contributed by atoms with Crippen molar-refractivity contribution in [1.82, 2.24) is 14.7 Å². The Kier molecular flexibility index (Phi) is 9.55. The number of anilines is 1. The molecule has 5 aromatic carbocycles. The van der Waals surface area contributed by atoms with Crippen LogP contribution in [0.5, 0.6) is 17.2 Å². The molecule has 10 rings (SSSR count). The number of cyclic esters (lactones) is 1. The van der Waals surface area contributed by atoms with Crippen LogP contribution in [0, 0.1) is 5.92 Å². The van der Waals surface area contributed by atoms with Crippen LogP contribution in [0.3, 0.4) is 0 Å². The summed E-state index contributed by atoms with van der Waals surface area (Å²) in [6, 6.07) is 37.9. The molecule has 12 nitrogen and oxygen atoms in total. The Morgan fingerprint density at radius 3 is 2.25 bits per heavy atom. The van der Waals surface area contributed by atoms with E-state index >= 15 is 14.4 Å². The first kappa shape index (κ1) is 37.1. The van der Waals surface area contributed by atoms with Crippen LogP contribution in [0.25, 0.3) is 0 Å². The monoisotopic (exact) mass is 792 g/mol. The molecular weight excluding hydrogens is 749 g/mol. The molecule has 0 saturated carbocycles. The number of morpholine rings is 1. The smallest absolute Gasteiger partial charge is 0.324 e. The fraction of sp³-hybridized carbons (Fsp3) is 0.298. The first-order valence-corrected chi connectivity index (χ1v) is 20.2. The van der Waals surface area contributed by atoms with E-state index < -0.39 is 41.5 Å². The number of amides is 2. The van der Waals surface area contributed by atoms with Gasteiger partial charge in [-0.3, -0.25) is 24.2 Å². The van der Waals surface area contributed by atoms with E-state index in [-0.39, 0.29) is 31.8 Å². The van der Waals surface area contributed by atoms with Crippen LogP contribution in [0.15, 0.2) is 127 Å². The fourth-order valence-corrected chi connectivity index (χ4v) is 10.1. The number of nitrogens with one attached hydrogen (secondary N) is 1. The van der Waals surface area contributed by atoms with Crippen molar-refractivity contribution in [2.45, 2.75) is 36.2 Å². The van der Waals surface area contributed by atoms with Gasteiger partial charge in [0.25, 0.3) is 0 Å². The number of ether oxygens (including phenoxy) is 4. The average molecular weight is 793 g/mol. The van der Waals surface area contributed by atoms with Crippen molar-refractivity contribution in [1.29, 1.82) is 0 Å². The third-order valence-electron chi connectivity index (χ3n) is 12.5. The van der Waals surface area contributed by atoms with Crippen molar-refractivity contribution < 1.29 is 38.4 Å². The molecule has 5 aliphatic heterocycles. The number of hydrogen-bond acceptors (Lipinski definition) is 10. The number of rotatable bonds is 9. The van der Waals surface area contributed by atoms with Gasteiger partial charge in [0.05, 0.1) is 24.6 Å². The van der Waals surface area contributed by atoms with Gasteiger partial charge in [-0.05, 0) is 58.1 Å². The van der Waals surface area contributed by atoms with E-state index in [9.17, 15) is 5.11 Å². The number of aliphatic hydroxyl groups excluding tert-OH is 1. The highest BCUT2D eigenvalue weighted by molar-refractivity contribution is 6.12. The lowest BCUT2D eigenvalue weighted by Crippen LogP contribution is -2.58. The second-order valence-electron chi connectivity index (χ2n) is 15.7. The lowest BCUT2D eigenvalue weighted by atomic mass is 9.65. The summed E-state index contributed by atoms with van der Waals surface area (Å²) in [7, 11) is 0. The van der Waals surface area contributed by atoms with Gasteiger partial charge in [0, 0.05) is 38.4 Å². The number of hydrogen-bond donors (Lipinski definition) is 2. The van der Waals surface area contributed by atoms with Crippen LogP contribution in [0.4, 0.5) is 5.69 Å². The van der Waals surface area contributed by atoms with Crippen molar-refractivity contribution >= 4 is 23.5 Å². The summed E-state index contributed by atoms with van der Waals surface area (Å²) in [6.07, 6.45) is -0.760. The molecule has 0 aromatic heterocycles. The van der Waals surface area contributed by atoms with Gasteiger partial charge in [-0.1, -0.05) is 97.1 Å². The molecule has 5 heterocycles. The van der Waals surface area contributed by atoms with Gasteiger partial charge in [0.2, 0.25) is 18.6 Å². The summed E-state index contributed by atoms with van der Waals surface area (Å²) >= 11 is 0. The predicted molar refractivity (Wildman–Crippen MR) is 217 cm³/mol. The summed E-state index contributed by atoms with van der Waals surface area (Å²) in [6.45, 7) is 2.78. The molecule has 0 aliphatic carbocycles. The molecule has 6 atom stereocenters. The third-order valence-corrected chi connectivity index (χ3v) is 12.5. The molecule has 2 N–H and O–H groups in total. The minimum absolute atomic E-state index is 0.0751. The Hall–Kier alpha value is -6.21. The number of fused-ring (bicyclic) bond motifs is 4. The standard InChI is InChI=1S/C47H44N4O8/c52-24-25-56-34-15-9-14-33(27-34)43-47(35-16-7-8-17-36(35)48-46(47)55)39(44(53)50-22-20-49(21-23-50)28-30-18-19-37-38(26-30)58-29-57-37)41-45(54)59-42(32-12-5-2-6-13-32)40(51(41)43)31-10-3-1-4-11-31/h1-19,26-27,39-43,52H,20-25,28-29H2,(H,48,55)/t39-,40-,41-,42+,43+,47-/m1/s1. The van der Waals surface area contributed by atoms with E-state index in [2.05, 4.69) is 15.1 Å². The van der Waals surface area contributed by atoms with Crippen LogP contribution in [0.2, 0.25) is 0 Å². The second kappa shape index (κ2) is 15.2. The highest BCUT2D eigenvalue weighted by Gasteiger charge is 2.74. The van der Waals surface area contributed by atoms with E-state index in [0.717, 1.165) is 28.2 Å². The highest BCUT2D eigenvalue weighted by atomic mass is 16.7. The second-order valence-corrected chi connectivity index (χ2v) is 15.7. The van der Waals surface area contributed by atoms with E-state index in [1.54, 1.807) is 6.07 Å². The summed E-state index contributed by atoms with van der Waals surface area (Å²) in [5.41, 5.74) is 3.15. The molecule has 3 saturated heterocycles. The Labute approximate surface area is 341 Å². The quantitative estimate of drug-likeness (QED) is 0.187. The maximum atomic E-state index is 15.7. The molecule has 5 aliphatic rings. The van der Waals surface area contributed by atoms with Gasteiger partial charge in [-0.2, -0.15) is 0 Å². The summed E-state index contributed by atoms with van der Waals surface area (Å²) < 4.78 is 23.6. The number of aliphatic hydroxyl groups is 1. The van der Waals surface area contributed by atoms with Crippen molar-refractivity contribution in [2.24, 2.45) is 5.92 Å². The number of nitrogens with zero attached hydrogens (tertiary/aromatic N) is 3. The molecular formula is C47H44N4O8. The average Bonchev–Trinajstić information content (AvgIpc) is 3.96. The van der Waals surface area contributed by atoms with Crippen LogP contribution < -0.4 is 19.5 Å². The number of piperazine rings is 1. The topological polar surface area (TPSA) is 130 Å². The molecule has 0 unspecified atom stereocenters. The van der Waals surface area contributed by atoms with Gasteiger partial charge in [-0.15, -0.1) is 0 Å². The van der Waals surface area contributed by atoms with Gasteiger partial charge in [-0.25, -0.2) is 0 Å². The zero-order chi connectivity index (χ0) is 40.1. The van der Waals surface area contributed by atoms with Crippen molar-refractivity contribution in [2.75, 3.05) is 51.5 Å². The van der Waals surface area contributed by atoms with Crippen LogP contribution in [-0.2, 0) is 31.1 Å². The van der Waals surface area contributed by atoms with Crippen LogP contribution in [0.1, 0.15) is 46.0 Å². The number of carbonyl (C=O) groups is 3. The molecule has 0 radical (unpaired) electrons. The number of esters is 1. The lowest BCUT2D eigenvalue weighted by molar-refractivity contribution is -0.179. The van der Waals surface area contributed by atoms with E-state index in [0.29, 0.717) is 55.3 Å². The summed E-state index contributed by atoms with van der Waals surface area (Å²) in [4.78, 5) is 52.3. The minimum atomic E-state index is -1.56. The third kappa shape index (κ3) is 6.21. The number of carbonyl (C=O) groups excluding carboxylic acids is 3. The minimum Gasteiger partial charge on any atom is -0.491 e. The van der Waals surface area contributed by atoms with E-state index in [1.165, 1.54) is 0 Å². The van der Waals surface area contributed by atoms with Crippen LogP contribution in [-0.4, -0.2) is 89.8 Å². The molecule has 300 valence electrons. The molecule has 0 bridgehead atoms. The largest absolute Gasteiger partial charge is 0.491 e. The summed E-state index contributed by atoms with van der Waals surface area (Å²) in [5.74, 6) is -0.382. The molecule has 5 aromatic rings. The molecule has 3 fully saturated rings. The SMILES string of the molecule is O=C1O[C@@H](c2ccccc2)[C@@H](c2ccccc2)N2[C@@H](c3cccc(OCCO)c3)[C@]3(C(=O)Nc4ccccc43)[C@@H](C(=O)N3CCN(Cc4ccc5c(c4)OCO5)CC3)[C@H]12. The molecule has 59 heavy (non-hydrogen) atoms. The van der Waals surface area contributed by atoms with Gasteiger partial charge in [0.15, 0.2) is 11.5 Å². The first-order valence-electron chi connectivity index (χ1n) is 20.2. The van der Waals surface area contributed by atoms with Crippen molar-refractivity contribution in [3.05, 3.63) is 155 Å². The lowest BCUT2D eigenvalue weighted by Gasteiger charge is -2.46. The molecule has 2 amide bonds. The van der Waals surface area contributed by atoms with E-state index in [4.69, 9.17) is 18.9 Å². The van der Waals surface area contributed by atoms with Gasteiger partial charge >= 0.3 is 5.97 Å². The van der Waals surface area contributed by atoms with E-state index in [1.807, 2.05) is 126 Å². The molecule has 1 spiro atoms. The Balaban J connectivity index is 1.11. The van der Waals surface area contributed by atoms with Gasteiger partial charge < -0.3 is 34.3 Å². The fourth-order valence-electron chi connectivity index (χ4n) is 10.1.